The zero-order valence-corrected chi connectivity index (χ0v) is 15.9. The average Bonchev–Trinajstić information content (AvgIpc) is 2.73. The molecule has 3 aromatic rings. The fourth-order valence-corrected chi connectivity index (χ4v) is 2.86. The fraction of sp³-hybridized carbons (Fsp3) is 0.158. The predicted octanol–water partition coefficient (Wildman–Crippen LogP) is 3.89. The van der Waals surface area contributed by atoms with Crippen LogP contribution in [-0.4, -0.2) is 35.4 Å². The molecule has 1 N–H and O–H groups in total. The van der Waals surface area contributed by atoms with Crippen molar-refractivity contribution in [1.29, 1.82) is 5.26 Å². The molecule has 0 unspecified atom stereocenters. The second-order valence-electron chi connectivity index (χ2n) is 5.33. The van der Waals surface area contributed by atoms with Gasteiger partial charge in [0.05, 0.1) is 31.8 Å². The maximum absolute atomic E-state index is 9.78. The first-order valence-corrected chi connectivity index (χ1v) is 9.18. The molecule has 0 bridgehead atoms. The van der Waals surface area contributed by atoms with Gasteiger partial charge in [-0.05, 0) is 36.6 Å². The third-order valence-electron chi connectivity index (χ3n) is 3.76. The van der Waals surface area contributed by atoms with Gasteiger partial charge in [-0.1, -0.05) is 11.8 Å². The summed E-state index contributed by atoms with van der Waals surface area (Å²) in [6, 6.07) is 11.3. The number of hydrogen-bond acceptors (Lipinski definition) is 8. The molecule has 1 aromatic carbocycles. The van der Waals surface area contributed by atoms with Gasteiger partial charge in [-0.2, -0.15) is 5.26 Å². The van der Waals surface area contributed by atoms with Crippen LogP contribution in [0.4, 0.5) is 11.5 Å². The minimum absolute atomic E-state index is 0.337. The summed E-state index contributed by atoms with van der Waals surface area (Å²) in [7, 11) is 3.14. The van der Waals surface area contributed by atoms with E-state index in [1.54, 1.807) is 44.8 Å². The molecule has 0 aliphatic carbocycles. The SMILES string of the molecule is COc1ccc(-c2nc(SC)nc(Nc3cccnc3)c2C#N)cc1OC. The first-order chi connectivity index (χ1) is 13.2. The first-order valence-electron chi connectivity index (χ1n) is 7.95. The number of nitrogens with one attached hydrogen (secondary N) is 1. The number of aromatic nitrogens is 3. The Hall–Kier alpha value is -3.31. The maximum Gasteiger partial charge on any atom is 0.189 e. The van der Waals surface area contributed by atoms with Crippen LogP contribution in [0.25, 0.3) is 11.3 Å². The Balaban J connectivity index is 2.15. The molecule has 3 rings (SSSR count). The van der Waals surface area contributed by atoms with Gasteiger partial charge in [-0.3, -0.25) is 4.98 Å². The Morgan fingerprint density at radius 2 is 1.93 bits per heavy atom. The molecule has 0 saturated heterocycles. The second-order valence-corrected chi connectivity index (χ2v) is 6.10. The lowest BCUT2D eigenvalue weighted by molar-refractivity contribution is 0.355. The zero-order chi connectivity index (χ0) is 19.2. The van der Waals surface area contributed by atoms with E-state index < -0.39 is 0 Å². The highest BCUT2D eigenvalue weighted by Crippen LogP contribution is 2.35. The Bertz CT molecular complexity index is 989. The molecule has 0 radical (unpaired) electrons. The number of methoxy groups -OCH3 is 2. The van der Waals surface area contributed by atoms with E-state index in [-0.39, 0.29) is 0 Å². The van der Waals surface area contributed by atoms with Gasteiger partial charge in [0.1, 0.15) is 11.6 Å². The Morgan fingerprint density at radius 1 is 1.11 bits per heavy atom. The lowest BCUT2D eigenvalue weighted by atomic mass is 10.1. The van der Waals surface area contributed by atoms with E-state index >= 15 is 0 Å². The van der Waals surface area contributed by atoms with Crippen molar-refractivity contribution < 1.29 is 9.47 Å². The molecule has 136 valence electrons. The fourth-order valence-electron chi connectivity index (χ4n) is 2.49. The number of thioether (sulfide) groups is 1. The molecule has 0 saturated carbocycles. The molecule has 2 aromatic heterocycles. The Kier molecular flexibility index (Phi) is 5.74. The van der Waals surface area contributed by atoms with Gasteiger partial charge >= 0.3 is 0 Å². The van der Waals surface area contributed by atoms with Crippen molar-refractivity contribution in [3.63, 3.8) is 0 Å². The van der Waals surface area contributed by atoms with Gasteiger partial charge in [-0.25, -0.2) is 9.97 Å². The normalized spacial score (nSPS) is 10.1. The summed E-state index contributed by atoms with van der Waals surface area (Å²) in [5, 5.41) is 13.5. The quantitative estimate of drug-likeness (QED) is 0.509. The number of rotatable bonds is 6. The number of pyridine rings is 1. The van der Waals surface area contributed by atoms with Crippen LogP contribution in [0.15, 0.2) is 47.9 Å². The number of hydrogen-bond donors (Lipinski definition) is 1. The average molecular weight is 379 g/mol. The zero-order valence-electron chi connectivity index (χ0n) is 15.1. The lowest BCUT2D eigenvalue weighted by Gasteiger charge is -2.13. The number of benzene rings is 1. The number of anilines is 2. The molecule has 2 heterocycles. The summed E-state index contributed by atoms with van der Waals surface area (Å²) in [6.07, 6.45) is 5.23. The van der Waals surface area contributed by atoms with Gasteiger partial charge < -0.3 is 14.8 Å². The summed E-state index contributed by atoms with van der Waals surface area (Å²) in [4.78, 5) is 13.1. The van der Waals surface area contributed by atoms with E-state index in [1.807, 2.05) is 18.4 Å². The van der Waals surface area contributed by atoms with E-state index in [0.717, 1.165) is 11.3 Å². The Labute approximate surface area is 161 Å². The third kappa shape index (κ3) is 3.93. The molecule has 27 heavy (non-hydrogen) atoms. The summed E-state index contributed by atoms with van der Waals surface area (Å²) < 4.78 is 10.7. The van der Waals surface area contributed by atoms with Crippen LogP contribution in [0.3, 0.4) is 0 Å². The van der Waals surface area contributed by atoms with Crippen molar-refractivity contribution >= 4 is 23.3 Å². The van der Waals surface area contributed by atoms with Crippen LogP contribution in [0.1, 0.15) is 5.56 Å². The highest BCUT2D eigenvalue weighted by atomic mass is 32.2. The van der Waals surface area contributed by atoms with E-state index in [4.69, 9.17) is 9.47 Å². The van der Waals surface area contributed by atoms with Crippen LogP contribution in [-0.2, 0) is 0 Å². The minimum atomic E-state index is 0.337. The van der Waals surface area contributed by atoms with Gasteiger partial charge in [0, 0.05) is 11.8 Å². The highest BCUT2D eigenvalue weighted by molar-refractivity contribution is 7.98. The second kappa shape index (κ2) is 8.38. The molecule has 0 atom stereocenters. The summed E-state index contributed by atoms with van der Waals surface area (Å²) in [5.74, 6) is 1.59. The maximum atomic E-state index is 9.78. The molecule has 7 nitrogen and oxygen atoms in total. The highest BCUT2D eigenvalue weighted by Gasteiger charge is 2.18. The molecule has 8 heteroatoms. The smallest absolute Gasteiger partial charge is 0.189 e. The number of ether oxygens (including phenoxy) is 2. The van der Waals surface area contributed by atoms with Crippen LogP contribution < -0.4 is 14.8 Å². The lowest BCUT2D eigenvalue weighted by Crippen LogP contribution is -2.03. The third-order valence-corrected chi connectivity index (χ3v) is 4.31. The van der Waals surface area contributed by atoms with E-state index in [2.05, 4.69) is 26.3 Å². The van der Waals surface area contributed by atoms with Crippen molar-refractivity contribution in [3.05, 3.63) is 48.3 Å². The van der Waals surface area contributed by atoms with E-state index in [1.165, 1.54) is 11.8 Å². The van der Waals surface area contributed by atoms with Gasteiger partial charge in [0.25, 0.3) is 0 Å². The van der Waals surface area contributed by atoms with E-state index in [0.29, 0.717) is 33.7 Å². The van der Waals surface area contributed by atoms with Crippen molar-refractivity contribution in [1.82, 2.24) is 15.0 Å². The topological polar surface area (TPSA) is 93.0 Å². The molecular weight excluding hydrogens is 362 g/mol. The summed E-state index contributed by atoms with van der Waals surface area (Å²) >= 11 is 1.40. The number of nitriles is 1. The molecule has 0 amide bonds. The molecular formula is C19H17N5O2S. The monoisotopic (exact) mass is 379 g/mol. The minimum Gasteiger partial charge on any atom is -0.493 e. The molecule has 0 fully saturated rings. The van der Waals surface area contributed by atoms with Crippen LogP contribution in [0, 0.1) is 11.3 Å². The molecule has 0 spiro atoms. The van der Waals surface area contributed by atoms with Gasteiger partial charge in [0.15, 0.2) is 22.5 Å². The van der Waals surface area contributed by atoms with E-state index in [9.17, 15) is 5.26 Å². The van der Waals surface area contributed by atoms with Crippen LogP contribution >= 0.6 is 11.8 Å². The largest absolute Gasteiger partial charge is 0.493 e. The predicted molar refractivity (Wildman–Crippen MR) is 105 cm³/mol. The summed E-state index contributed by atoms with van der Waals surface area (Å²) in [5.41, 5.74) is 2.32. The summed E-state index contributed by atoms with van der Waals surface area (Å²) in [6.45, 7) is 0. The molecule has 0 aliphatic heterocycles. The Morgan fingerprint density at radius 3 is 2.56 bits per heavy atom. The standard InChI is InChI=1S/C19H17N5O2S/c1-25-15-7-6-12(9-16(15)26-2)17-14(10-20)18(24-19(23-17)27-3)22-13-5-4-8-21-11-13/h4-9,11H,1-3H3,(H,22,23,24). The molecule has 0 aliphatic rings. The van der Waals surface area contributed by atoms with Crippen molar-refractivity contribution in [2.75, 3.05) is 25.8 Å². The number of nitrogens with zero attached hydrogens (tertiary/aromatic N) is 4. The van der Waals surface area contributed by atoms with Crippen molar-refractivity contribution in [2.45, 2.75) is 5.16 Å². The van der Waals surface area contributed by atoms with Crippen LogP contribution in [0.2, 0.25) is 0 Å². The van der Waals surface area contributed by atoms with Gasteiger partial charge in [-0.15, -0.1) is 0 Å². The van der Waals surface area contributed by atoms with Gasteiger partial charge in [0.2, 0.25) is 0 Å². The van der Waals surface area contributed by atoms with Crippen molar-refractivity contribution in [2.24, 2.45) is 0 Å². The van der Waals surface area contributed by atoms with Crippen molar-refractivity contribution in [3.8, 4) is 28.8 Å². The first kappa shape index (κ1) is 18.5. The van der Waals surface area contributed by atoms with Crippen LogP contribution in [0.5, 0.6) is 11.5 Å².